The van der Waals surface area contributed by atoms with Gasteiger partial charge in [-0.1, -0.05) is 31.4 Å². The second kappa shape index (κ2) is 9.26. The first-order valence-electron chi connectivity index (χ1n) is 9.42. The molecule has 0 spiro atoms. The molecule has 0 radical (unpaired) electrons. The second-order valence-electron chi connectivity index (χ2n) is 7.15. The van der Waals surface area contributed by atoms with Crippen LogP contribution >= 0.6 is 11.8 Å². The first kappa shape index (κ1) is 19.0. The van der Waals surface area contributed by atoms with Crippen LogP contribution in [0.3, 0.4) is 0 Å². The average molecular weight is 374 g/mol. The lowest BCUT2D eigenvalue weighted by molar-refractivity contribution is -0.149. The highest BCUT2D eigenvalue weighted by atomic mass is 32.2. The van der Waals surface area contributed by atoms with Gasteiger partial charge in [-0.05, 0) is 54.7 Å². The zero-order chi connectivity index (χ0) is 18.4. The highest BCUT2D eigenvalue weighted by Gasteiger charge is 2.32. The van der Waals surface area contributed by atoms with Crippen molar-refractivity contribution in [2.45, 2.75) is 37.0 Å². The normalized spacial score (nSPS) is 22.9. The Labute approximate surface area is 160 Å². The molecule has 5 heteroatoms. The van der Waals surface area contributed by atoms with Crippen molar-refractivity contribution >= 4 is 29.7 Å². The summed E-state index contributed by atoms with van der Waals surface area (Å²) in [5.41, 5.74) is 0.936. The third-order valence-corrected chi connectivity index (χ3v) is 6.25. The quantitative estimate of drug-likeness (QED) is 0.445. The molecule has 1 aromatic carbocycles. The SMILES string of the molecule is CSc1ccc(/C=C/C(=O)OCC(=O)N2CC[C@@H]3CCCC[C@H]3C2)cc1. The topological polar surface area (TPSA) is 46.6 Å². The molecule has 3 rings (SSSR count). The van der Waals surface area contributed by atoms with Crippen LogP contribution in [0.5, 0.6) is 0 Å². The molecule has 2 fully saturated rings. The standard InChI is InChI=1S/C21H27NO3S/c1-26-19-9-6-16(7-10-19)8-11-21(24)25-15-20(23)22-13-12-17-4-2-3-5-18(17)14-22/h6-11,17-18H,2-5,12-15H2,1H3/b11-8+/t17-,18-/m0/s1. The van der Waals surface area contributed by atoms with E-state index < -0.39 is 5.97 Å². The molecule has 1 heterocycles. The summed E-state index contributed by atoms with van der Waals surface area (Å²) >= 11 is 1.68. The number of carbonyl (C=O) groups excluding carboxylic acids is 2. The number of rotatable bonds is 5. The molecule has 2 aliphatic rings. The van der Waals surface area contributed by atoms with E-state index in [2.05, 4.69) is 0 Å². The van der Waals surface area contributed by atoms with Gasteiger partial charge in [0, 0.05) is 24.1 Å². The number of nitrogens with zero attached hydrogens (tertiary/aromatic N) is 1. The molecule has 0 aromatic heterocycles. The van der Waals surface area contributed by atoms with Crippen LogP contribution in [0.15, 0.2) is 35.2 Å². The Kier molecular flexibility index (Phi) is 6.78. The molecule has 0 N–H and O–H groups in total. The molecule has 1 saturated carbocycles. The summed E-state index contributed by atoms with van der Waals surface area (Å²) in [6, 6.07) is 7.92. The van der Waals surface area contributed by atoms with Crippen LogP contribution < -0.4 is 0 Å². The number of benzene rings is 1. The molecule has 0 unspecified atom stereocenters. The third kappa shape index (κ3) is 5.13. The number of thioether (sulfide) groups is 1. The first-order chi connectivity index (χ1) is 12.7. The average Bonchev–Trinajstić information content (AvgIpc) is 2.70. The minimum atomic E-state index is -0.472. The highest BCUT2D eigenvalue weighted by molar-refractivity contribution is 7.98. The fourth-order valence-corrected chi connectivity index (χ4v) is 4.39. The van der Waals surface area contributed by atoms with Crippen LogP contribution in [-0.2, 0) is 14.3 Å². The highest BCUT2D eigenvalue weighted by Crippen LogP contribution is 2.36. The van der Waals surface area contributed by atoms with E-state index >= 15 is 0 Å². The van der Waals surface area contributed by atoms with Crippen molar-refractivity contribution in [2.75, 3.05) is 26.0 Å². The van der Waals surface area contributed by atoms with Crippen LogP contribution in [0, 0.1) is 11.8 Å². The fourth-order valence-electron chi connectivity index (χ4n) is 3.98. The summed E-state index contributed by atoms with van der Waals surface area (Å²) in [5.74, 6) is 0.886. The van der Waals surface area contributed by atoms with Gasteiger partial charge in [0.25, 0.3) is 5.91 Å². The number of carbonyl (C=O) groups is 2. The van der Waals surface area contributed by atoms with E-state index in [9.17, 15) is 9.59 Å². The van der Waals surface area contributed by atoms with E-state index in [4.69, 9.17) is 4.74 Å². The number of ether oxygens (including phenoxy) is 1. The molecule has 26 heavy (non-hydrogen) atoms. The molecule has 2 atom stereocenters. The third-order valence-electron chi connectivity index (χ3n) is 5.51. The van der Waals surface area contributed by atoms with Crippen LogP contribution in [-0.4, -0.2) is 42.7 Å². The van der Waals surface area contributed by atoms with E-state index in [1.807, 2.05) is 35.4 Å². The molecule has 1 saturated heterocycles. The van der Waals surface area contributed by atoms with E-state index in [0.29, 0.717) is 5.92 Å². The van der Waals surface area contributed by atoms with Gasteiger partial charge in [-0.3, -0.25) is 4.79 Å². The maximum atomic E-state index is 12.3. The Morgan fingerprint density at radius 2 is 1.88 bits per heavy atom. The molecule has 1 aromatic rings. The van der Waals surface area contributed by atoms with Crippen molar-refractivity contribution < 1.29 is 14.3 Å². The van der Waals surface area contributed by atoms with Crippen molar-refractivity contribution in [3.05, 3.63) is 35.9 Å². The lowest BCUT2D eigenvalue weighted by Crippen LogP contribution is -2.46. The summed E-state index contributed by atoms with van der Waals surface area (Å²) in [6.45, 7) is 1.47. The Morgan fingerprint density at radius 3 is 2.62 bits per heavy atom. The minimum absolute atomic E-state index is 0.0694. The lowest BCUT2D eigenvalue weighted by atomic mass is 9.75. The van der Waals surface area contributed by atoms with Gasteiger partial charge in [0.1, 0.15) is 0 Å². The molecule has 140 valence electrons. The van der Waals surface area contributed by atoms with Crippen LogP contribution in [0.1, 0.15) is 37.7 Å². The van der Waals surface area contributed by atoms with Gasteiger partial charge in [0.05, 0.1) is 0 Å². The van der Waals surface area contributed by atoms with Gasteiger partial charge in [0.2, 0.25) is 0 Å². The molecule has 4 nitrogen and oxygen atoms in total. The van der Waals surface area contributed by atoms with E-state index in [1.165, 1.54) is 36.7 Å². The van der Waals surface area contributed by atoms with Crippen molar-refractivity contribution in [3.8, 4) is 0 Å². The van der Waals surface area contributed by atoms with E-state index in [-0.39, 0.29) is 12.5 Å². The lowest BCUT2D eigenvalue weighted by Gasteiger charge is -2.41. The summed E-state index contributed by atoms with van der Waals surface area (Å²) in [7, 11) is 0. The Bertz CT molecular complexity index is 656. The van der Waals surface area contributed by atoms with Crippen LogP contribution in [0.2, 0.25) is 0 Å². The van der Waals surface area contributed by atoms with Crippen LogP contribution in [0.4, 0.5) is 0 Å². The number of amides is 1. The van der Waals surface area contributed by atoms with Crippen molar-refractivity contribution in [3.63, 3.8) is 0 Å². The summed E-state index contributed by atoms with van der Waals surface area (Å²) in [4.78, 5) is 27.3. The minimum Gasteiger partial charge on any atom is -0.452 e. The molecule has 1 aliphatic heterocycles. The van der Waals surface area contributed by atoms with Crippen LogP contribution in [0.25, 0.3) is 6.08 Å². The molecule has 0 bridgehead atoms. The number of hydrogen-bond donors (Lipinski definition) is 0. The zero-order valence-corrected chi connectivity index (χ0v) is 16.2. The maximum Gasteiger partial charge on any atom is 0.331 e. The molecule has 1 aliphatic carbocycles. The van der Waals surface area contributed by atoms with Gasteiger partial charge in [-0.25, -0.2) is 4.79 Å². The predicted octanol–water partition coefficient (Wildman–Crippen LogP) is 4.00. The molecular formula is C21H27NO3S. The largest absolute Gasteiger partial charge is 0.452 e. The Hall–Kier alpha value is -1.75. The van der Waals surface area contributed by atoms with E-state index in [0.717, 1.165) is 31.0 Å². The van der Waals surface area contributed by atoms with Gasteiger partial charge in [-0.2, -0.15) is 0 Å². The van der Waals surface area contributed by atoms with Crippen molar-refractivity contribution in [1.82, 2.24) is 4.90 Å². The fraction of sp³-hybridized carbons (Fsp3) is 0.524. The Morgan fingerprint density at radius 1 is 1.15 bits per heavy atom. The predicted molar refractivity (Wildman–Crippen MR) is 105 cm³/mol. The Balaban J connectivity index is 1.43. The van der Waals surface area contributed by atoms with Gasteiger partial charge < -0.3 is 9.64 Å². The van der Waals surface area contributed by atoms with E-state index in [1.54, 1.807) is 17.8 Å². The molecule has 1 amide bonds. The van der Waals surface area contributed by atoms with Gasteiger partial charge >= 0.3 is 5.97 Å². The number of esters is 1. The number of hydrogen-bond acceptors (Lipinski definition) is 4. The number of likely N-dealkylation sites (tertiary alicyclic amines) is 1. The monoisotopic (exact) mass is 373 g/mol. The summed E-state index contributed by atoms with van der Waals surface area (Å²) in [6.07, 6.45) is 11.4. The van der Waals surface area contributed by atoms with Gasteiger partial charge in [0.15, 0.2) is 6.61 Å². The summed E-state index contributed by atoms with van der Waals surface area (Å²) in [5, 5.41) is 0. The van der Waals surface area contributed by atoms with Crippen molar-refractivity contribution in [1.29, 1.82) is 0 Å². The smallest absolute Gasteiger partial charge is 0.331 e. The molecular weight excluding hydrogens is 346 g/mol. The maximum absolute atomic E-state index is 12.3. The summed E-state index contributed by atoms with van der Waals surface area (Å²) < 4.78 is 5.14. The second-order valence-corrected chi connectivity index (χ2v) is 8.03. The zero-order valence-electron chi connectivity index (χ0n) is 15.4. The van der Waals surface area contributed by atoms with Crippen molar-refractivity contribution in [2.24, 2.45) is 11.8 Å². The number of fused-ring (bicyclic) bond motifs is 1. The van der Waals surface area contributed by atoms with Gasteiger partial charge in [-0.15, -0.1) is 11.8 Å². The first-order valence-corrected chi connectivity index (χ1v) is 10.6. The number of piperidine rings is 1.